The highest BCUT2D eigenvalue weighted by atomic mass is 19.3. The molecule has 0 atom stereocenters. The van der Waals surface area contributed by atoms with Crippen molar-refractivity contribution in [1.82, 2.24) is 9.97 Å². The molecule has 0 aliphatic heterocycles. The van der Waals surface area contributed by atoms with Gasteiger partial charge in [0.05, 0.1) is 11.9 Å². The fraction of sp³-hybridized carbons (Fsp3) is 0.200. The van der Waals surface area contributed by atoms with E-state index in [1.54, 1.807) is 12.4 Å². The largest absolute Gasteiger partial charge is 0.457 e. The highest BCUT2D eigenvalue weighted by Crippen LogP contribution is 2.25. The number of hydrogen-bond acceptors (Lipinski definition) is 7. The molecule has 1 heterocycles. The van der Waals surface area contributed by atoms with Crippen molar-refractivity contribution in [3.05, 3.63) is 42.0 Å². The Morgan fingerprint density at radius 3 is 2.68 bits per heavy atom. The molecule has 0 fully saturated rings. The number of alkyl halides is 2. The molecule has 7 nitrogen and oxygen atoms in total. The molecule has 1 aromatic heterocycles. The molecule has 2 rings (SSSR count). The van der Waals surface area contributed by atoms with Gasteiger partial charge in [0.15, 0.2) is 11.6 Å². The Kier molecular flexibility index (Phi) is 6.26. The Bertz CT molecular complexity index is 766. The van der Waals surface area contributed by atoms with Gasteiger partial charge in [-0.15, -0.1) is 0 Å². The summed E-state index contributed by atoms with van der Waals surface area (Å²) in [6, 6.07) is 3.40. The molecule has 25 heavy (non-hydrogen) atoms. The molecule has 0 saturated carbocycles. The van der Waals surface area contributed by atoms with Crippen LogP contribution in [0.25, 0.3) is 0 Å². The summed E-state index contributed by atoms with van der Waals surface area (Å²) in [6.45, 7) is -1.37. The first kappa shape index (κ1) is 18.2. The van der Waals surface area contributed by atoms with Crippen LogP contribution in [0.2, 0.25) is 0 Å². The van der Waals surface area contributed by atoms with Crippen LogP contribution in [-0.4, -0.2) is 35.1 Å². The number of nitrogens with zero attached hydrogens (tertiary/aromatic N) is 4. The molecule has 2 aromatic rings. The van der Waals surface area contributed by atoms with E-state index in [1.807, 2.05) is 6.92 Å². The molecule has 132 valence electrons. The summed E-state index contributed by atoms with van der Waals surface area (Å²) in [7, 11) is 0. The zero-order chi connectivity index (χ0) is 18.2. The van der Waals surface area contributed by atoms with Gasteiger partial charge in [-0.25, -0.2) is 14.4 Å². The summed E-state index contributed by atoms with van der Waals surface area (Å²) in [6.07, 6.45) is 4.41. The molecular formula is C15H14F3N5O2. The minimum absolute atomic E-state index is 0.0648. The van der Waals surface area contributed by atoms with Crippen LogP contribution in [0.5, 0.6) is 11.8 Å². The summed E-state index contributed by atoms with van der Waals surface area (Å²) in [5.74, 6) is 3.70. The van der Waals surface area contributed by atoms with Crippen molar-refractivity contribution < 1.29 is 22.6 Å². The van der Waals surface area contributed by atoms with E-state index in [4.69, 9.17) is 10.6 Å². The second kappa shape index (κ2) is 8.62. The van der Waals surface area contributed by atoms with Gasteiger partial charge in [-0.2, -0.15) is 13.9 Å². The van der Waals surface area contributed by atoms with Gasteiger partial charge in [0, 0.05) is 18.5 Å². The van der Waals surface area contributed by atoms with E-state index in [1.165, 1.54) is 12.3 Å². The van der Waals surface area contributed by atoms with Crippen molar-refractivity contribution in [3.8, 4) is 11.8 Å². The van der Waals surface area contributed by atoms with Crippen molar-refractivity contribution in [1.29, 1.82) is 0 Å². The van der Waals surface area contributed by atoms with E-state index >= 15 is 0 Å². The van der Waals surface area contributed by atoms with Crippen LogP contribution in [0.4, 0.5) is 18.9 Å². The zero-order valence-corrected chi connectivity index (χ0v) is 13.1. The molecule has 1 aromatic carbocycles. The molecule has 0 amide bonds. The fourth-order valence-corrected chi connectivity index (χ4v) is 1.61. The van der Waals surface area contributed by atoms with Crippen LogP contribution in [0.3, 0.4) is 0 Å². The third kappa shape index (κ3) is 5.75. The molecular weight excluding hydrogens is 339 g/mol. The van der Waals surface area contributed by atoms with E-state index in [0.29, 0.717) is 0 Å². The number of ether oxygens (including phenoxy) is 2. The van der Waals surface area contributed by atoms with Crippen molar-refractivity contribution in [3.63, 3.8) is 0 Å². The highest BCUT2D eigenvalue weighted by molar-refractivity contribution is 6.31. The normalized spacial score (nSPS) is 12.0. The number of halogens is 3. The lowest BCUT2D eigenvalue weighted by molar-refractivity contribution is -0.0521. The summed E-state index contributed by atoms with van der Waals surface area (Å²) >= 11 is 0. The second-order valence-corrected chi connectivity index (χ2v) is 4.70. The minimum Gasteiger partial charge on any atom is -0.457 e. The first-order chi connectivity index (χ1) is 12.0. The van der Waals surface area contributed by atoms with Gasteiger partial charge in [-0.05, 0) is 24.6 Å². The maximum absolute atomic E-state index is 13.3. The minimum atomic E-state index is -3.14. The Hall–Kier alpha value is -3.17. The number of nitrogens with two attached hydrogens (primary N) is 1. The molecule has 0 aliphatic carbocycles. The number of benzene rings is 1. The van der Waals surface area contributed by atoms with Crippen molar-refractivity contribution in [2.45, 2.75) is 13.5 Å². The highest BCUT2D eigenvalue weighted by Gasteiger charge is 2.10. The van der Waals surface area contributed by atoms with Crippen LogP contribution in [0, 0.1) is 12.7 Å². The number of aromatic nitrogens is 2. The van der Waals surface area contributed by atoms with Gasteiger partial charge in [0.1, 0.15) is 12.3 Å². The van der Waals surface area contributed by atoms with Gasteiger partial charge in [-0.1, -0.05) is 0 Å². The van der Waals surface area contributed by atoms with Gasteiger partial charge in [0.2, 0.25) is 0 Å². The quantitative estimate of drug-likeness (QED) is 0.469. The number of hydrogen-bond donors (Lipinski definition) is 1. The Morgan fingerprint density at radius 2 is 2.04 bits per heavy atom. The first-order valence-electron chi connectivity index (χ1n) is 6.94. The molecule has 0 saturated heterocycles. The number of aliphatic imine (C=N–C) groups is 1. The predicted molar refractivity (Wildman–Crippen MR) is 85.1 cm³/mol. The van der Waals surface area contributed by atoms with E-state index in [2.05, 4.69) is 24.8 Å². The van der Waals surface area contributed by atoms with Gasteiger partial charge in [0.25, 0.3) is 0 Å². The van der Waals surface area contributed by atoms with E-state index < -0.39 is 18.2 Å². The molecule has 0 spiro atoms. The van der Waals surface area contributed by atoms with Gasteiger partial charge >= 0.3 is 12.6 Å². The Balaban J connectivity index is 2.02. The molecule has 2 N–H and O–H groups in total. The van der Waals surface area contributed by atoms with E-state index in [-0.39, 0.29) is 24.0 Å². The summed E-state index contributed by atoms with van der Waals surface area (Å²) in [5.41, 5.74) is 1.27. The van der Waals surface area contributed by atoms with Gasteiger partial charge < -0.3 is 15.3 Å². The predicted octanol–water partition coefficient (Wildman–Crippen LogP) is 2.62. The monoisotopic (exact) mass is 353 g/mol. The van der Waals surface area contributed by atoms with Gasteiger partial charge in [-0.3, -0.25) is 4.99 Å². The maximum atomic E-state index is 13.3. The Labute approximate surface area is 141 Å². The summed E-state index contributed by atoms with van der Waals surface area (Å²) in [4.78, 5) is 11.9. The number of aryl methyl sites for hydroxylation is 1. The van der Waals surface area contributed by atoms with E-state index in [9.17, 15) is 13.2 Å². The fourth-order valence-electron chi connectivity index (χ4n) is 1.61. The third-order valence-electron chi connectivity index (χ3n) is 2.77. The first-order valence-corrected chi connectivity index (χ1v) is 6.94. The summed E-state index contributed by atoms with van der Waals surface area (Å²) in [5, 5.41) is 3.49. The molecule has 0 aliphatic rings. The smallest absolute Gasteiger partial charge is 0.387 e. The zero-order valence-electron chi connectivity index (χ0n) is 13.1. The second-order valence-electron chi connectivity index (χ2n) is 4.70. The standard InChI is InChI=1S/C15H14F3N5O2/c1-9-5-21-15(22-6-9)24-8-11(23-19)7-20-10-2-3-12(16)13(4-10)25-14(17)18/h2-7,14H,8,19H2,1H3. The number of hydrazone groups is 1. The van der Waals surface area contributed by atoms with Crippen LogP contribution in [0.1, 0.15) is 5.56 Å². The molecule has 0 bridgehead atoms. The average Bonchev–Trinajstić information content (AvgIpc) is 2.59. The van der Waals surface area contributed by atoms with Crippen molar-refractivity contribution in [2.24, 2.45) is 15.9 Å². The lowest BCUT2D eigenvalue weighted by Crippen LogP contribution is -2.16. The Morgan fingerprint density at radius 1 is 1.32 bits per heavy atom. The number of rotatable bonds is 7. The lowest BCUT2D eigenvalue weighted by Gasteiger charge is -2.06. The topological polar surface area (TPSA) is 95.0 Å². The molecule has 0 unspecified atom stereocenters. The lowest BCUT2D eigenvalue weighted by atomic mass is 10.3. The van der Waals surface area contributed by atoms with Crippen molar-refractivity contribution >= 4 is 17.6 Å². The van der Waals surface area contributed by atoms with Crippen LogP contribution < -0.4 is 15.3 Å². The van der Waals surface area contributed by atoms with Crippen LogP contribution in [0.15, 0.2) is 40.7 Å². The SMILES string of the molecule is Cc1cnc(OCC(C=Nc2ccc(F)c(OC(F)F)c2)=NN)nc1. The third-order valence-corrected chi connectivity index (χ3v) is 2.77. The average molecular weight is 353 g/mol. The molecule has 10 heteroatoms. The van der Waals surface area contributed by atoms with Crippen LogP contribution >= 0.6 is 0 Å². The van der Waals surface area contributed by atoms with Crippen molar-refractivity contribution in [2.75, 3.05) is 6.61 Å². The molecule has 0 radical (unpaired) electrons. The van der Waals surface area contributed by atoms with E-state index in [0.717, 1.165) is 17.7 Å². The van der Waals surface area contributed by atoms with Crippen LogP contribution in [-0.2, 0) is 0 Å². The maximum Gasteiger partial charge on any atom is 0.387 e. The summed E-state index contributed by atoms with van der Waals surface area (Å²) < 4.78 is 47.1.